The van der Waals surface area contributed by atoms with E-state index in [9.17, 15) is 19.1 Å². The topological polar surface area (TPSA) is 128 Å². The van der Waals surface area contributed by atoms with Crippen molar-refractivity contribution in [2.24, 2.45) is 5.92 Å². The molecule has 0 atom stereocenters. The van der Waals surface area contributed by atoms with E-state index < -0.39 is 5.60 Å². The summed E-state index contributed by atoms with van der Waals surface area (Å²) in [5.74, 6) is -0.313. The van der Waals surface area contributed by atoms with Crippen molar-refractivity contribution in [3.05, 3.63) is 71.4 Å². The summed E-state index contributed by atoms with van der Waals surface area (Å²) in [5, 5.41) is 15.9. The zero-order valence-electron chi connectivity index (χ0n) is 21.9. The number of ether oxygens (including phenoxy) is 1. The molecule has 0 spiro atoms. The van der Waals surface area contributed by atoms with Gasteiger partial charge in [-0.05, 0) is 68.9 Å². The van der Waals surface area contributed by atoms with Crippen molar-refractivity contribution in [3.8, 4) is 11.7 Å². The van der Waals surface area contributed by atoms with Crippen LogP contribution in [0.15, 0.2) is 60.0 Å². The number of carbonyl (C=O) groups is 1. The smallest absolute Gasteiger partial charge is 0.316 e. The number of halogens is 1. The fraction of sp³-hybridized carbons (Fsp3) is 0.429. The zero-order valence-corrected chi connectivity index (χ0v) is 21.9. The molecule has 11 nitrogen and oxygen atoms in total. The highest BCUT2D eigenvalue weighted by Crippen LogP contribution is 2.31. The van der Waals surface area contributed by atoms with Gasteiger partial charge in [0, 0.05) is 31.4 Å². The first-order valence-electron chi connectivity index (χ1n) is 13.5. The number of piperidine rings is 1. The maximum Gasteiger partial charge on any atom is 0.316 e. The zero-order chi connectivity index (χ0) is 27.7. The van der Waals surface area contributed by atoms with Gasteiger partial charge in [0.1, 0.15) is 23.6 Å². The third-order valence-corrected chi connectivity index (χ3v) is 7.93. The minimum absolute atomic E-state index is 0.00459. The van der Waals surface area contributed by atoms with E-state index in [4.69, 9.17) is 4.74 Å². The fourth-order valence-corrected chi connectivity index (χ4v) is 5.63. The third kappa shape index (κ3) is 5.31. The molecule has 3 aromatic heterocycles. The normalized spacial score (nSPS) is 20.9. The Balaban J connectivity index is 1.05. The number of likely N-dealkylation sites (tertiary alicyclic amines) is 1. The van der Waals surface area contributed by atoms with E-state index in [1.807, 2.05) is 4.90 Å². The number of benzene rings is 1. The molecule has 1 saturated carbocycles. The molecule has 2 aliphatic rings. The Labute approximate surface area is 229 Å². The van der Waals surface area contributed by atoms with Gasteiger partial charge >= 0.3 is 6.01 Å². The van der Waals surface area contributed by atoms with Gasteiger partial charge < -0.3 is 14.7 Å². The molecular weight excluding hydrogens is 517 g/mol. The summed E-state index contributed by atoms with van der Waals surface area (Å²) in [4.78, 5) is 40.8. The molecule has 208 valence electrons. The second-order valence-electron chi connectivity index (χ2n) is 10.6. The Kier molecular flexibility index (Phi) is 7.01. The van der Waals surface area contributed by atoms with Crippen molar-refractivity contribution in [1.82, 2.24) is 34.2 Å². The van der Waals surface area contributed by atoms with E-state index >= 15 is 0 Å². The van der Waals surface area contributed by atoms with Crippen LogP contribution in [0.1, 0.15) is 38.5 Å². The van der Waals surface area contributed by atoms with Gasteiger partial charge in [-0.1, -0.05) is 0 Å². The number of hydrogen-bond acceptors (Lipinski definition) is 8. The standard InChI is InChI=1S/C28H30FN7O4/c29-20-4-6-21(7-5-20)36-24-23(16-33-36)26(38)35(18-32-24)17-28(39)10-14-34(15-11-28)25(37)19-2-8-22(9-3-19)40-27-30-12-1-13-31-27/h1,4-7,12-13,16,18-19,22,39H,2-3,8-11,14-15,17H2/t19-,22+. The molecule has 4 aromatic rings. The van der Waals surface area contributed by atoms with E-state index in [0.717, 1.165) is 25.7 Å². The number of amides is 1. The first-order valence-corrected chi connectivity index (χ1v) is 13.5. The minimum atomic E-state index is -1.13. The first kappa shape index (κ1) is 26.1. The van der Waals surface area contributed by atoms with Gasteiger partial charge in [-0.25, -0.2) is 24.0 Å². The van der Waals surface area contributed by atoms with E-state index in [2.05, 4.69) is 20.1 Å². The molecule has 1 N–H and O–H groups in total. The molecule has 40 heavy (non-hydrogen) atoms. The summed E-state index contributed by atoms with van der Waals surface area (Å²) in [6, 6.07) is 7.86. The highest BCUT2D eigenvalue weighted by atomic mass is 19.1. The van der Waals surface area contributed by atoms with Crippen LogP contribution in [0.5, 0.6) is 6.01 Å². The van der Waals surface area contributed by atoms with Crippen LogP contribution in [0.4, 0.5) is 4.39 Å². The molecule has 0 radical (unpaired) electrons. The van der Waals surface area contributed by atoms with Gasteiger partial charge in [0.15, 0.2) is 5.65 Å². The van der Waals surface area contributed by atoms with Crippen molar-refractivity contribution >= 4 is 16.9 Å². The number of aromatic nitrogens is 6. The molecule has 2 fully saturated rings. The average Bonchev–Trinajstić information content (AvgIpc) is 3.41. The summed E-state index contributed by atoms with van der Waals surface area (Å²) < 4.78 is 22.0. The van der Waals surface area contributed by atoms with Crippen LogP contribution < -0.4 is 10.3 Å². The van der Waals surface area contributed by atoms with E-state index in [1.165, 1.54) is 33.9 Å². The second-order valence-corrected chi connectivity index (χ2v) is 10.6. The lowest BCUT2D eigenvalue weighted by Crippen LogP contribution is -2.51. The van der Waals surface area contributed by atoms with Gasteiger partial charge in [0.05, 0.1) is 24.0 Å². The molecular formula is C28H30FN7O4. The van der Waals surface area contributed by atoms with Crippen LogP contribution >= 0.6 is 0 Å². The number of nitrogens with zero attached hydrogens (tertiary/aromatic N) is 7. The van der Waals surface area contributed by atoms with Crippen LogP contribution in [0.2, 0.25) is 0 Å². The Bertz CT molecular complexity index is 1540. The monoisotopic (exact) mass is 547 g/mol. The summed E-state index contributed by atoms with van der Waals surface area (Å²) in [6.45, 7) is 0.926. The van der Waals surface area contributed by atoms with Gasteiger partial charge in [0.2, 0.25) is 5.91 Å². The number of aliphatic hydroxyl groups is 1. The van der Waals surface area contributed by atoms with Gasteiger partial charge in [-0.15, -0.1) is 0 Å². The molecule has 6 rings (SSSR count). The maximum absolute atomic E-state index is 13.3. The SMILES string of the molecule is O=c1c2cnn(-c3ccc(F)cc3)c2ncn1CC1(O)CCN(C(=O)[C@H]2CC[C@@H](Oc3ncccn3)CC2)CC1. The molecule has 1 amide bonds. The van der Waals surface area contributed by atoms with Gasteiger partial charge in [-0.3, -0.25) is 14.2 Å². The van der Waals surface area contributed by atoms with Crippen LogP contribution in [0, 0.1) is 11.7 Å². The van der Waals surface area contributed by atoms with Crippen LogP contribution in [0.25, 0.3) is 16.7 Å². The minimum Gasteiger partial charge on any atom is -0.460 e. The van der Waals surface area contributed by atoms with Crippen LogP contribution in [-0.2, 0) is 11.3 Å². The molecule has 1 aliphatic heterocycles. The van der Waals surface area contributed by atoms with Crippen molar-refractivity contribution in [2.45, 2.75) is 56.8 Å². The Morgan fingerprint density at radius 1 is 1.05 bits per heavy atom. The summed E-state index contributed by atoms with van der Waals surface area (Å²) in [7, 11) is 0. The Morgan fingerprint density at radius 2 is 1.75 bits per heavy atom. The Morgan fingerprint density at radius 3 is 2.45 bits per heavy atom. The molecule has 1 saturated heterocycles. The summed E-state index contributed by atoms with van der Waals surface area (Å²) in [5.41, 5.74) is -0.505. The van der Waals surface area contributed by atoms with Gasteiger partial charge in [-0.2, -0.15) is 5.10 Å². The number of rotatable bonds is 6. The highest BCUT2D eigenvalue weighted by molar-refractivity contribution is 5.79. The molecule has 4 heterocycles. The van der Waals surface area contributed by atoms with Crippen LogP contribution in [-0.4, -0.2) is 70.0 Å². The van der Waals surface area contributed by atoms with Crippen molar-refractivity contribution < 1.29 is 19.0 Å². The maximum atomic E-state index is 13.3. The largest absolute Gasteiger partial charge is 0.460 e. The Hall–Kier alpha value is -4.19. The summed E-state index contributed by atoms with van der Waals surface area (Å²) >= 11 is 0. The number of hydrogen-bond donors (Lipinski definition) is 1. The molecule has 0 bridgehead atoms. The van der Waals surface area contributed by atoms with Crippen molar-refractivity contribution in [2.75, 3.05) is 13.1 Å². The lowest BCUT2D eigenvalue weighted by atomic mass is 9.85. The lowest BCUT2D eigenvalue weighted by molar-refractivity contribution is -0.141. The van der Waals surface area contributed by atoms with Crippen molar-refractivity contribution in [1.29, 1.82) is 0 Å². The predicted molar refractivity (Wildman–Crippen MR) is 142 cm³/mol. The predicted octanol–water partition coefficient (Wildman–Crippen LogP) is 2.50. The highest BCUT2D eigenvalue weighted by Gasteiger charge is 2.37. The van der Waals surface area contributed by atoms with E-state index in [0.29, 0.717) is 48.7 Å². The fourth-order valence-electron chi connectivity index (χ4n) is 5.63. The molecule has 1 aromatic carbocycles. The van der Waals surface area contributed by atoms with E-state index in [1.54, 1.807) is 30.6 Å². The quantitative estimate of drug-likeness (QED) is 0.390. The molecule has 0 unspecified atom stereocenters. The van der Waals surface area contributed by atoms with Crippen molar-refractivity contribution in [3.63, 3.8) is 0 Å². The second kappa shape index (κ2) is 10.8. The molecule has 1 aliphatic carbocycles. The van der Waals surface area contributed by atoms with Crippen LogP contribution in [0.3, 0.4) is 0 Å². The van der Waals surface area contributed by atoms with Gasteiger partial charge in [0.25, 0.3) is 5.56 Å². The third-order valence-electron chi connectivity index (χ3n) is 7.93. The molecule has 12 heteroatoms. The number of fused-ring (bicyclic) bond motifs is 1. The lowest BCUT2D eigenvalue weighted by Gasteiger charge is -2.40. The average molecular weight is 548 g/mol. The van der Waals surface area contributed by atoms with E-state index in [-0.39, 0.29) is 35.9 Å². The number of carbonyl (C=O) groups excluding carboxylic acids is 1. The first-order chi connectivity index (χ1) is 19.4. The summed E-state index contributed by atoms with van der Waals surface area (Å²) in [6.07, 6.45) is 9.87.